The minimum absolute atomic E-state index is 0.139. The molecule has 17 heavy (non-hydrogen) atoms. The zero-order chi connectivity index (χ0) is 11.7. The van der Waals surface area contributed by atoms with Gasteiger partial charge < -0.3 is 14.8 Å². The molecule has 0 aromatic heterocycles. The van der Waals surface area contributed by atoms with Crippen LogP contribution in [-0.2, 0) is 6.42 Å². The van der Waals surface area contributed by atoms with Crippen LogP contribution in [0, 0.1) is 0 Å². The normalized spacial score (nSPS) is 27.4. The Morgan fingerprint density at radius 2 is 2.29 bits per heavy atom. The molecular formula is C14H19NO2. The molecule has 1 saturated heterocycles. The van der Waals surface area contributed by atoms with Crippen molar-refractivity contribution in [3.63, 3.8) is 0 Å². The van der Waals surface area contributed by atoms with Gasteiger partial charge in [-0.3, -0.25) is 0 Å². The third kappa shape index (κ3) is 1.89. The summed E-state index contributed by atoms with van der Waals surface area (Å²) in [5.74, 6) is 1.94. The Morgan fingerprint density at radius 1 is 1.35 bits per heavy atom. The standard InChI is InChI=1S/C14H19NO2/c1-16-12-5-4-6-13-11(12)9-14(10-17-13)7-2-3-8-15-14/h4-6,15H,2-3,7-10H2,1H3/t14-/m1/s1. The van der Waals surface area contributed by atoms with Gasteiger partial charge in [-0.25, -0.2) is 0 Å². The number of hydrogen-bond acceptors (Lipinski definition) is 3. The van der Waals surface area contributed by atoms with E-state index in [9.17, 15) is 0 Å². The SMILES string of the molecule is COc1cccc2c1C[C@]1(CCCCN1)CO2. The molecule has 1 N–H and O–H groups in total. The molecule has 2 aliphatic heterocycles. The van der Waals surface area contributed by atoms with Crippen molar-refractivity contribution in [1.29, 1.82) is 0 Å². The molecule has 1 spiro atoms. The van der Waals surface area contributed by atoms with Gasteiger partial charge in [-0.15, -0.1) is 0 Å². The van der Waals surface area contributed by atoms with E-state index in [4.69, 9.17) is 9.47 Å². The third-order valence-electron chi connectivity index (χ3n) is 3.91. The molecule has 3 nitrogen and oxygen atoms in total. The number of fused-ring (bicyclic) bond motifs is 1. The van der Waals surface area contributed by atoms with Crippen LogP contribution >= 0.6 is 0 Å². The molecule has 92 valence electrons. The van der Waals surface area contributed by atoms with Gasteiger partial charge in [0.2, 0.25) is 0 Å². The topological polar surface area (TPSA) is 30.5 Å². The Labute approximate surface area is 102 Å². The van der Waals surface area contributed by atoms with Gasteiger partial charge in [0.15, 0.2) is 0 Å². The van der Waals surface area contributed by atoms with Crippen molar-refractivity contribution in [2.75, 3.05) is 20.3 Å². The van der Waals surface area contributed by atoms with Crippen LogP contribution in [0.25, 0.3) is 0 Å². The van der Waals surface area contributed by atoms with E-state index in [1.807, 2.05) is 18.2 Å². The molecule has 0 amide bonds. The van der Waals surface area contributed by atoms with E-state index in [-0.39, 0.29) is 5.54 Å². The number of hydrogen-bond donors (Lipinski definition) is 1. The largest absolute Gasteiger partial charge is 0.496 e. The number of benzene rings is 1. The lowest BCUT2D eigenvalue weighted by atomic mass is 9.82. The maximum atomic E-state index is 5.92. The van der Waals surface area contributed by atoms with Gasteiger partial charge in [0.1, 0.15) is 18.1 Å². The maximum absolute atomic E-state index is 5.92. The monoisotopic (exact) mass is 233 g/mol. The van der Waals surface area contributed by atoms with E-state index < -0.39 is 0 Å². The molecule has 1 aromatic rings. The molecule has 1 atom stereocenters. The zero-order valence-corrected chi connectivity index (χ0v) is 10.3. The lowest BCUT2D eigenvalue weighted by Crippen LogP contribution is -2.56. The summed E-state index contributed by atoms with van der Waals surface area (Å²) in [6.45, 7) is 1.89. The van der Waals surface area contributed by atoms with Crippen LogP contribution in [0.5, 0.6) is 11.5 Å². The summed E-state index contributed by atoms with van der Waals surface area (Å²) in [6.07, 6.45) is 4.79. The molecule has 0 radical (unpaired) electrons. The molecule has 1 aromatic carbocycles. The summed E-state index contributed by atoms with van der Waals surface area (Å²) in [6, 6.07) is 6.04. The van der Waals surface area contributed by atoms with E-state index >= 15 is 0 Å². The molecule has 2 heterocycles. The summed E-state index contributed by atoms with van der Waals surface area (Å²) in [4.78, 5) is 0. The molecular weight excluding hydrogens is 214 g/mol. The van der Waals surface area contributed by atoms with E-state index in [0.29, 0.717) is 0 Å². The minimum Gasteiger partial charge on any atom is -0.496 e. The fourth-order valence-electron chi connectivity index (χ4n) is 2.96. The summed E-state index contributed by atoms with van der Waals surface area (Å²) >= 11 is 0. The van der Waals surface area contributed by atoms with Crippen molar-refractivity contribution in [2.24, 2.45) is 0 Å². The van der Waals surface area contributed by atoms with Gasteiger partial charge in [-0.2, -0.15) is 0 Å². The van der Waals surface area contributed by atoms with Crippen LogP contribution < -0.4 is 14.8 Å². The number of rotatable bonds is 1. The molecule has 0 unspecified atom stereocenters. The van der Waals surface area contributed by atoms with Crippen LogP contribution in [0.4, 0.5) is 0 Å². The van der Waals surface area contributed by atoms with Crippen molar-refractivity contribution < 1.29 is 9.47 Å². The molecule has 0 bridgehead atoms. The van der Waals surface area contributed by atoms with E-state index in [2.05, 4.69) is 5.32 Å². The van der Waals surface area contributed by atoms with Crippen LogP contribution in [-0.4, -0.2) is 25.8 Å². The molecule has 3 heteroatoms. The second kappa shape index (κ2) is 4.22. The fourth-order valence-corrected chi connectivity index (χ4v) is 2.96. The van der Waals surface area contributed by atoms with Crippen LogP contribution in [0.2, 0.25) is 0 Å². The Balaban J connectivity index is 1.93. The predicted octanol–water partition coefficient (Wildman–Crippen LogP) is 2.14. The van der Waals surface area contributed by atoms with Crippen molar-refractivity contribution in [2.45, 2.75) is 31.2 Å². The smallest absolute Gasteiger partial charge is 0.126 e. The lowest BCUT2D eigenvalue weighted by Gasteiger charge is -2.42. The predicted molar refractivity (Wildman–Crippen MR) is 66.8 cm³/mol. The first-order chi connectivity index (χ1) is 8.33. The average Bonchev–Trinajstić information content (AvgIpc) is 2.39. The molecule has 0 saturated carbocycles. The first-order valence-electron chi connectivity index (χ1n) is 6.37. The molecule has 0 aliphatic carbocycles. The van der Waals surface area contributed by atoms with Crippen molar-refractivity contribution in [1.82, 2.24) is 5.32 Å². The lowest BCUT2D eigenvalue weighted by molar-refractivity contribution is 0.125. The number of nitrogens with one attached hydrogen (secondary N) is 1. The van der Waals surface area contributed by atoms with Gasteiger partial charge in [0.25, 0.3) is 0 Å². The van der Waals surface area contributed by atoms with Gasteiger partial charge in [0, 0.05) is 12.0 Å². The maximum Gasteiger partial charge on any atom is 0.126 e. The van der Waals surface area contributed by atoms with E-state index in [1.54, 1.807) is 7.11 Å². The van der Waals surface area contributed by atoms with Gasteiger partial charge in [-0.05, 0) is 31.5 Å². The van der Waals surface area contributed by atoms with Crippen LogP contribution in [0.1, 0.15) is 24.8 Å². The first-order valence-corrected chi connectivity index (χ1v) is 6.37. The Morgan fingerprint density at radius 3 is 3.06 bits per heavy atom. The van der Waals surface area contributed by atoms with Crippen molar-refractivity contribution in [3.8, 4) is 11.5 Å². The van der Waals surface area contributed by atoms with Crippen LogP contribution in [0.15, 0.2) is 18.2 Å². The molecule has 1 fully saturated rings. The average molecular weight is 233 g/mol. The fraction of sp³-hybridized carbons (Fsp3) is 0.571. The molecule has 2 aliphatic rings. The highest BCUT2D eigenvalue weighted by molar-refractivity contribution is 5.47. The van der Waals surface area contributed by atoms with E-state index in [0.717, 1.165) is 31.1 Å². The Kier molecular flexibility index (Phi) is 2.71. The highest BCUT2D eigenvalue weighted by Crippen LogP contribution is 2.38. The molecule has 3 rings (SSSR count). The van der Waals surface area contributed by atoms with E-state index in [1.165, 1.54) is 24.8 Å². The van der Waals surface area contributed by atoms with Crippen molar-refractivity contribution in [3.05, 3.63) is 23.8 Å². The second-order valence-corrected chi connectivity index (χ2v) is 5.07. The van der Waals surface area contributed by atoms with Gasteiger partial charge in [-0.1, -0.05) is 12.5 Å². The quantitative estimate of drug-likeness (QED) is 0.806. The third-order valence-corrected chi connectivity index (χ3v) is 3.91. The highest BCUT2D eigenvalue weighted by Gasteiger charge is 2.37. The summed E-state index contributed by atoms with van der Waals surface area (Å²) in [5.41, 5.74) is 1.36. The Bertz CT molecular complexity index is 396. The van der Waals surface area contributed by atoms with Gasteiger partial charge >= 0.3 is 0 Å². The number of methoxy groups -OCH3 is 1. The number of piperidine rings is 1. The summed E-state index contributed by atoms with van der Waals surface area (Å²) in [7, 11) is 1.73. The minimum atomic E-state index is 0.139. The number of ether oxygens (including phenoxy) is 2. The Hall–Kier alpha value is -1.22. The highest BCUT2D eigenvalue weighted by atomic mass is 16.5. The zero-order valence-electron chi connectivity index (χ0n) is 10.3. The summed E-state index contributed by atoms with van der Waals surface area (Å²) < 4.78 is 11.4. The first kappa shape index (κ1) is 10.9. The van der Waals surface area contributed by atoms with Crippen molar-refractivity contribution >= 4 is 0 Å². The second-order valence-electron chi connectivity index (χ2n) is 5.07. The van der Waals surface area contributed by atoms with Gasteiger partial charge in [0.05, 0.1) is 12.6 Å². The van der Waals surface area contributed by atoms with Crippen LogP contribution in [0.3, 0.4) is 0 Å². The summed E-state index contributed by atoms with van der Waals surface area (Å²) in [5, 5.41) is 3.65.